The van der Waals surface area contributed by atoms with Gasteiger partial charge in [0.15, 0.2) is 5.16 Å². The van der Waals surface area contributed by atoms with Gasteiger partial charge in [0.05, 0.1) is 24.2 Å². The van der Waals surface area contributed by atoms with Gasteiger partial charge in [-0.05, 0) is 26.8 Å². The van der Waals surface area contributed by atoms with Crippen LogP contribution in [0.2, 0.25) is 0 Å². The van der Waals surface area contributed by atoms with Crippen LogP contribution in [0.4, 0.5) is 0 Å². The zero-order chi connectivity index (χ0) is 16.1. The Hall–Kier alpha value is -2.09. The number of nitrogens with zero attached hydrogens (tertiary/aromatic N) is 4. The third-order valence-corrected chi connectivity index (χ3v) is 3.86. The van der Waals surface area contributed by atoms with Crippen molar-refractivity contribution in [2.75, 3.05) is 7.11 Å². The fraction of sp³-hybridized carbons (Fsp3) is 0.429. The van der Waals surface area contributed by atoms with Gasteiger partial charge in [0.1, 0.15) is 6.33 Å². The lowest BCUT2D eigenvalue weighted by atomic mass is 10.3. The maximum atomic E-state index is 12.0. The molecule has 1 atom stereocenters. The van der Waals surface area contributed by atoms with Crippen LogP contribution in [0.15, 0.2) is 29.8 Å². The first kappa shape index (κ1) is 16.3. The molecule has 2 aromatic heterocycles. The lowest BCUT2D eigenvalue weighted by Gasteiger charge is -2.14. The number of pyridine rings is 1. The van der Waals surface area contributed by atoms with Gasteiger partial charge in [0.2, 0.25) is 11.8 Å². The topological polar surface area (TPSA) is 81.9 Å². The number of amides is 1. The molecule has 0 saturated carbocycles. The fourth-order valence-corrected chi connectivity index (χ4v) is 2.58. The molecule has 0 aromatic carbocycles. The first-order valence-electron chi connectivity index (χ1n) is 6.88. The molecule has 22 heavy (non-hydrogen) atoms. The largest absolute Gasteiger partial charge is 0.481 e. The molecule has 0 fully saturated rings. The van der Waals surface area contributed by atoms with Crippen molar-refractivity contribution in [3.05, 3.63) is 24.7 Å². The van der Waals surface area contributed by atoms with Crippen molar-refractivity contribution in [2.24, 2.45) is 0 Å². The van der Waals surface area contributed by atoms with E-state index in [-0.39, 0.29) is 17.2 Å². The molecule has 8 heteroatoms. The molecule has 0 saturated heterocycles. The maximum absolute atomic E-state index is 12.0. The first-order chi connectivity index (χ1) is 10.5. The number of aromatic nitrogens is 4. The highest BCUT2D eigenvalue weighted by Crippen LogP contribution is 2.24. The number of nitrogens with one attached hydrogen (secondary N) is 1. The lowest BCUT2D eigenvalue weighted by molar-refractivity contribution is -0.120. The third-order valence-electron chi connectivity index (χ3n) is 2.81. The predicted octanol–water partition coefficient (Wildman–Crippen LogP) is 1.68. The Balaban J connectivity index is 2.13. The normalized spacial score (nSPS) is 12.2. The minimum Gasteiger partial charge on any atom is -0.481 e. The Labute approximate surface area is 133 Å². The molecule has 1 amide bonds. The van der Waals surface area contributed by atoms with Gasteiger partial charge in [-0.1, -0.05) is 11.8 Å². The number of carbonyl (C=O) groups excluding carboxylic acids is 1. The molecule has 0 radical (unpaired) electrons. The highest BCUT2D eigenvalue weighted by atomic mass is 32.2. The summed E-state index contributed by atoms with van der Waals surface area (Å²) in [4.78, 5) is 16.2. The summed E-state index contributed by atoms with van der Waals surface area (Å²) in [6.45, 7) is 5.70. The zero-order valence-corrected chi connectivity index (χ0v) is 13.8. The maximum Gasteiger partial charge on any atom is 0.233 e. The van der Waals surface area contributed by atoms with Gasteiger partial charge in [-0.15, -0.1) is 10.2 Å². The standard InChI is InChI=1S/C14H19N5O2S/c1-9(2)17-13(20)10(3)22-14-18-16-8-19(14)11-5-6-12(21-4)15-7-11/h5-10H,1-4H3,(H,17,20)/t10-/m1/s1. The second kappa shape index (κ2) is 7.26. The number of rotatable bonds is 6. The van der Waals surface area contributed by atoms with Crippen LogP contribution in [0.3, 0.4) is 0 Å². The van der Waals surface area contributed by atoms with Gasteiger partial charge in [-0.3, -0.25) is 9.36 Å². The van der Waals surface area contributed by atoms with Crippen molar-refractivity contribution in [3.8, 4) is 11.6 Å². The van der Waals surface area contributed by atoms with Crippen molar-refractivity contribution in [3.63, 3.8) is 0 Å². The Morgan fingerprint density at radius 1 is 1.36 bits per heavy atom. The van der Waals surface area contributed by atoms with E-state index >= 15 is 0 Å². The number of thioether (sulfide) groups is 1. The van der Waals surface area contributed by atoms with Crippen LogP contribution in [0.1, 0.15) is 20.8 Å². The Bertz CT molecular complexity index is 626. The molecule has 7 nitrogen and oxygen atoms in total. The summed E-state index contributed by atoms with van der Waals surface area (Å²) in [5.41, 5.74) is 0.810. The molecular formula is C14H19N5O2S. The number of hydrogen-bond donors (Lipinski definition) is 1. The average Bonchev–Trinajstić information content (AvgIpc) is 2.94. The summed E-state index contributed by atoms with van der Waals surface area (Å²) in [6.07, 6.45) is 3.27. The van der Waals surface area contributed by atoms with E-state index in [2.05, 4.69) is 20.5 Å². The molecule has 1 N–H and O–H groups in total. The highest BCUT2D eigenvalue weighted by molar-refractivity contribution is 8.00. The summed E-state index contributed by atoms with van der Waals surface area (Å²) in [6, 6.07) is 3.73. The Morgan fingerprint density at radius 3 is 2.73 bits per heavy atom. The van der Waals surface area contributed by atoms with Crippen molar-refractivity contribution >= 4 is 17.7 Å². The Morgan fingerprint density at radius 2 is 2.14 bits per heavy atom. The van der Waals surface area contributed by atoms with E-state index < -0.39 is 0 Å². The monoisotopic (exact) mass is 321 g/mol. The van der Waals surface area contributed by atoms with Gasteiger partial charge in [-0.2, -0.15) is 0 Å². The molecule has 0 aliphatic heterocycles. The minimum absolute atomic E-state index is 0.0256. The second-order valence-corrected chi connectivity index (χ2v) is 6.27. The van der Waals surface area contributed by atoms with E-state index in [1.54, 1.807) is 30.3 Å². The molecule has 2 heterocycles. The van der Waals surface area contributed by atoms with Crippen LogP contribution in [-0.2, 0) is 4.79 Å². The molecule has 118 valence electrons. The fourth-order valence-electron chi connectivity index (χ4n) is 1.73. The van der Waals surface area contributed by atoms with Crippen molar-refractivity contribution in [1.29, 1.82) is 0 Å². The van der Waals surface area contributed by atoms with E-state index in [0.717, 1.165) is 5.69 Å². The molecule has 0 bridgehead atoms. The van der Waals surface area contributed by atoms with Crippen LogP contribution in [-0.4, -0.2) is 44.1 Å². The van der Waals surface area contributed by atoms with Gasteiger partial charge >= 0.3 is 0 Å². The molecule has 0 spiro atoms. The molecule has 2 aromatic rings. The SMILES string of the molecule is COc1ccc(-n2cnnc2S[C@H](C)C(=O)NC(C)C)cn1. The van der Waals surface area contributed by atoms with E-state index in [9.17, 15) is 4.79 Å². The van der Waals surface area contributed by atoms with E-state index in [1.807, 2.05) is 26.8 Å². The summed E-state index contributed by atoms with van der Waals surface area (Å²) in [5.74, 6) is 0.512. The summed E-state index contributed by atoms with van der Waals surface area (Å²) in [7, 11) is 1.57. The van der Waals surface area contributed by atoms with Crippen molar-refractivity contribution in [1.82, 2.24) is 25.1 Å². The quantitative estimate of drug-likeness (QED) is 0.815. The van der Waals surface area contributed by atoms with Gasteiger partial charge in [0.25, 0.3) is 0 Å². The van der Waals surface area contributed by atoms with E-state index in [0.29, 0.717) is 11.0 Å². The summed E-state index contributed by atoms with van der Waals surface area (Å²) in [5, 5.41) is 11.2. The second-order valence-electron chi connectivity index (χ2n) is 4.97. The molecular weight excluding hydrogens is 302 g/mol. The average molecular weight is 321 g/mol. The van der Waals surface area contributed by atoms with Gasteiger partial charge in [-0.25, -0.2) is 4.98 Å². The van der Waals surface area contributed by atoms with Crippen LogP contribution < -0.4 is 10.1 Å². The van der Waals surface area contributed by atoms with Crippen LogP contribution in [0.25, 0.3) is 5.69 Å². The van der Waals surface area contributed by atoms with Crippen molar-refractivity contribution < 1.29 is 9.53 Å². The van der Waals surface area contributed by atoms with E-state index in [1.165, 1.54) is 11.8 Å². The van der Waals surface area contributed by atoms with Gasteiger partial charge in [0, 0.05) is 12.1 Å². The lowest BCUT2D eigenvalue weighted by Crippen LogP contribution is -2.36. The summed E-state index contributed by atoms with van der Waals surface area (Å²) >= 11 is 1.35. The Kier molecular flexibility index (Phi) is 5.37. The third kappa shape index (κ3) is 3.97. The highest BCUT2D eigenvalue weighted by Gasteiger charge is 2.19. The van der Waals surface area contributed by atoms with Crippen LogP contribution >= 0.6 is 11.8 Å². The molecule has 2 rings (SSSR count). The van der Waals surface area contributed by atoms with Crippen LogP contribution in [0.5, 0.6) is 5.88 Å². The number of ether oxygens (including phenoxy) is 1. The first-order valence-corrected chi connectivity index (χ1v) is 7.76. The van der Waals surface area contributed by atoms with Gasteiger partial charge < -0.3 is 10.1 Å². The summed E-state index contributed by atoms with van der Waals surface area (Å²) < 4.78 is 6.83. The van der Waals surface area contributed by atoms with Crippen LogP contribution in [0, 0.1) is 0 Å². The zero-order valence-electron chi connectivity index (χ0n) is 13.0. The molecule has 0 unspecified atom stereocenters. The number of hydrogen-bond acceptors (Lipinski definition) is 6. The number of methoxy groups -OCH3 is 1. The molecule has 0 aliphatic carbocycles. The van der Waals surface area contributed by atoms with E-state index in [4.69, 9.17) is 4.74 Å². The number of carbonyl (C=O) groups is 1. The predicted molar refractivity (Wildman–Crippen MR) is 84.3 cm³/mol. The molecule has 0 aliphatic rings. The minimum atomic E-state index is -0.267. The van der Waals surface area contributed by atoms with Crippen molar-refractivity contribution in [2.45, 2.75) is 37.2 Å². The smallest absolute Gasteiger partial charge is 0.233 e.